The Bertz CT molecular complexity index is 2810. The lowest BCUT2D eigenvalue weighted by Gasteiger charge is -2.32. The fraction of sp³-hybridized carbons (Fsp3) is 0.525. The predicted molar refractivity (Wildman–Crippen MR) is 321 cm³/mol. The molecule has 1 aromatic heterocycles. The summed E-state index contributed by atoms with van der Waals surface area (Å²) in [5.74, 6) is -5.74. The number of rotatable bonds is 34. The Morgan fingerprint density at radius 3 is 1.74 bits per heavy atom. The van der Waals surface area contributed by atoms with Crippen LogP contribution in [-0.2, 0) is 57.6 Å². The van der Waals surface area contributed by atoms with Crippen LogP contribution >= 0.6 is 0 Å². The van der Waals surface area contributed by atoms with Crippen LogP contribution in [0, 0.1) is 5.92 Å². The number of guanidine groups is 1. The average molecular weight is 1160 g/mol. The van der Waals surface area contributed by atoms with Gasteiger partial charge in [0.15, 0.2) is 5.96 Å². The van der Waals surface area contributed by atoms with Crippen molar-refractivity contribution < 1.29 is 43.5 Å². The topological polar surface area (TPSA) is 390 Å². The zero-order chi connectivity index (χ0) is 60.4. The van der Waals surface area contributed by atoms with E-state index in [0.717, 1.165) is 48.6 Å². The Labute approximate surface area is 491 Å². The predicted octanol–water partition coefficient (Wildman–Crippen LogP) is 1.79. The molecule has 456 valence electrons. The SMILES string of the molecule is NCCCC[C@H](NC(=O)[C@@H](N)Cc1ccccc1)C(=O)N[C@@H](Cc1ccccc1)C(=O)N[C@@H](CCCCN)C(=O)N1CCC[C@H]1C(=O)N[C@H](CC1CCCCC1)C(=O)N[C@@H](Cc1c[nH]c2ccccc12)C(=O)N[C@H](CCCN=C(N)N)C(=O)O. The first-order valence-electron chi connectivity index (χ1n) is 29.7. The molecule has 1 saturated carbocycles. The third-order valence-corrected chi connectivity index (χ3v) is 15.7. The number of aliphatic carboxylic acids is 1. The molecule has 23 nitrogen and oxygen atoms in total. The monoisotopic (exact) mass is 1160 g/mol. The number of carboxylic acids is 1. The van der Waals surface area contributed by atoms with E-state index in [2.05, 4.69) is 41.9 Å². The molecule has 84 heavy (non-hydrogen) atoms. The molecule has 2 aliphatic rings. The summed E-state index contributed by atoms with van der Waals surface area (Å²) in [6, 6.07) is 16.5. The molecule has 18 N–H and O–H groups in total. The van der Waals surface area contributed by atoms with Gasteiger partial charge in [-0.05, 0) is 119 Å². The van der Waals surface area contributed by atoms with E-state index in [1.807, 2.05) is 72.8 Å². The first-order valence-corrected chi connectivity index (χ1v) is 29.7. The number of likely N-dealkylation sites (tertiary alicyclic amines) is 1. The van der Waals surface area contributed by atoms with Crippen molar-refractivity contribution in [1.29, 1.82) is 0 Å². The van der Waals surface area contributed by atoms with Crippen LogP contribution in [0.5, 0.6) is 0 Å². The number of fused-ring (bicyclic) bond motifs is 1. The highest BCUT2D eigenvalue weighted by Crippen LogP contribution is 2.29. The van der Waals surface area contributed by atoms with Gasteiger partial charge >= 0.3 is 5.97 Å². The zero-order valence-corrected chi connectivity index (χ0v) is 48.1. The molecular weight excluding hydrogens is 1070 g/mol. The molecule has 0 bridgehead atoms. The smallest absolute Gasteiger partial charge is 0.326 e. The molecule has 2 fully saturated rings. The summed E-state index contributed by atoms with van der Waals surface area (Å²) >= 11 is 0. The van der Waals surface area contributed by atoms with E-state index in [1.54, 1.807) is 18.3 Å². The number of aromatic nitrogens is 1. The maximum Gasteiger partial charge on any atom is 0.326 e. The van der Waals surface area contributed by atoms with Crippen LogP contribution in [-0.4, -0.2) is 143 Å². The van der Waals surface area contributed by atoms with Gasteiger partial charge < -0.3 is 75.6 Å². The normalized spacial score (nSPS) is 16.8. The van der Waals surface area contributed by atoms with Gasteiger partial charge in [0.25, 0.3) is 0 Å². The van der Waals surface area contributed by atoms with Crippen molar-refractivity contribution in [3.63, 3.8) is 0 Å². The van der Waals surface area contributed by atoms with Gasteiger partial charge in [0.2, 0.25) is 41.4 Å². The van der Waals surface area contributed by atoms with E-state index >= 15 is 0 Å². The Morgan fingerprint density at radius 1 is 0.571 bits per heavy atom. The Morgan fingerprint density at radius 2 is 1.11 bits per heavy atom. The van der Waals surface area contributed by atoms with Gasteiger partial charge in [0.05, 0.1) is 6.04 Å². The number of aliphatic imine (C=N–C) groups is 1. The molecule has 1 aliphatic heterocycles. The lowest BCUT2D eigenvalue weighted by atomic mass is 9.84. The summed E-state index contributed by atoms with van der Waals surface area (Å²) in [7, 11) is 0. The van der Waals surface area contributed by atoms with Crippen molar-refractivity contribution in [2.45, 2.75) is 170 Å². The number of para-hydroxylation sites is 1. The van der Waals surface area contributed by atoms with E-state index in [-0.39, 0.29) is 82.8 Å². The first kappa shape index (κ1) is 65.3. The number of carbonyl (C=O) groups is 8. The minimum Gasteiger partial charge on any atom is -0.480 e. The number of hydrogen-bond acceptors (Lipinski definition) is 12. The summed E-state index contributed by atoms with van der Waals surface area (Å²) in [5, 5.41) is 28.1. The number of nitrogens with two attached hydrogens (primary N) is 5. The fourth-order valence-electron chi connectivity index (χ4n) is 11.1. The number of hydrogen-bond donors (Lipinski definition) is 13. The minimum atomic E-state index is -1.34. The molecular formula is C61H88N14O9. The highest BCUT2D eigenvalue weighted by atomic mass is 16.4. The summed E-state index contributed by atoms with van der Waals surface area (Å²) < 4.78 is 0. The number of benzene rings is 3. The first-order chi connectivity index (χ1) is 40.5. The number of unbranched alkanes of at least 4 members (excludes halogenated alkanes) is 2. The van der Waals surface area contributed by atoms with E-state index in [4.69, 9.17) is 28.7 Å². The quantitative estimate of drug-likeness (QED) is 0.0180. The summed E-state index contributed by atoms with van der Waals surface area (Å²) in [4.78, 5) is 122. The lowest BCUT2D eigenvalue weighted by molar-refractivity contribution is -0.143. The van der Waals surface area contributed by atoms with Crippen LogP contribution in [0.2, 0.25) is 0 Å². The van der Waals surface area contributed by atoms with Crippen LogP contribution in [0.1, 0.15) is 119 Å². The standard InChI is InChI=1S/C61H88N14O9/c62-30-14-12-26-46(69-53(76)44(64)34-39-18-4-1-5-19-39)54(77)72-49(35-40-20-6-2-7-21-40)55(78)70-47(27-13-15-31-63)59(82)75-33-17-29-52(75)58(81)74-50(36-41-22-8-3-9-23-41)56(79)73-51(37-42-38-68-45-25-11-10-24-43(42)45)57(80)71-48(60(83)84)28-16-32-67-61(65)66/h1-2,4-7,10-11,18-21,24-25,38,41,44,46-52,68H,3,8-9,12-17,22-23,26-37,62-64H2,(H,69,76)(H,70,78)(H,71,80)(H,72,77)(H,73,79)(H,74,81)(H,83,84)(H4,65,66,67)/t44-,46-,47-,48+,49-,50+,51-,52-/m0/s1. The van der Waals surface area contributed by atoms with Crippen molar-refractivity contribution in [2.24, 2.45) is 39.6 Å². The summed E-state index contributed by atoms with van der Waals surface area (Å²) in [6.07, 6.45) is 10.1. The molecule has 3 aromatic carbocycles. The number of nitrogens with zero attached hydrogens (tertiary/aromatic N) is 2. The second kappa shape index (κ2) is 34.0. The number of nitrogens with one attached hydrogen (secondary N) is 7. The molecule has 2 heterocycles. The maximum atomic E-state index is 15.0. The largest absolute Gasteiger partial charge is 0.480 e. The average Bonchev–Trinajstić information content (AvgIpc) is 4.16. The second-order valence-electron chi connectivity index (χ2n) is 22.2. The van der Waals surface area contributed by atoms with E-state index < -0.39 is 95.7 Å². The molecule has 0 radical (unpaired) electrons. The van der Waals surface area contributed by atoms with E-state index in [9.17, 15) is 43.5 Å². The molecule has 7 amide bonds. The van der Waals surface area contributed by atoms with Gasteiger partial charge in [-0.15, -0.1) is 0 Å². The fourth-order valence-corrected chi connectivity index (χ4v) is 11.1. The number of carboxylic acid groups (broad SMARTS) is 1. The van der Waals surface area contributed by atoms with Crippen molar-refractivity contribution in [3.8, 4) is 0 Å². The highest BCUT2D eigenvalue weighted by molar-refractivity contribution is 5.98. The molecule has 1 saturated heterocycles. The Kier molecular flexibility index (Phi) is 26.4. The Balaban J connectivity index is 1.22. The number of aromatic amines is 1. The number of H-pyrrole nitrogens is 1. The van der Waals surface area contributed by atoms with Crippen LogP contribution in [0.15, 0.2) is 96.1 Å². The van der Waals surface area contributed by atoms with Gasteiger partial charge in [-0.2, -0.15) is 0 Å². The van der Waals surface area contributed by atoms with Crippen LogP contribution in [0.3, 0.4) is 0 Å². The molecule has 0 unspecified atom stereocenters. The zero-order valence-electron chi connectivity index (χ0n) is 48.1. The second-order valence-corrected chi connectivity index (χ2v) is 22.2. The summed E-state index contributed by atoms with van der Waals surface area (Å²) in [5.41, 5.74) is 32.0. The van der Waals surface area contributed by atoms with Gasteiger partial charge in [-0.3, -0.25) is 38.6 Å². The molecule has 0 spiro atoms. The third-order valence-electron chi connectivity index (χ3n) is 15.7. The van der Waals surface area contributed by atoms with Gasteiger partial charge in [0.1, 0.15) is 42.3 Å². The van der Waals surface area contributed by atoms with Gasteiger partial charge in [-0.25, -0.2) is 4.79 Å². The van der Waals surface area contributed by atoms with Gasteiger partial charge in [-0.1, -0.05) is 111 Å². The van der Waals surface area contributed by atoms with Crippen LogP contribution in [0.25, 0.3) is 10.9 Å². The van der Waals surface area contributed by atoms with E-state index in [0.29, 0.717) is 56.3 Å². The number of amides is 7. The Hall–Kier alpha value is -7.89. The molecule has 4 aromatic rings. The van der Waals surface area contributed by atoms with E-state index in [1.165, 1.54) is 4.90 Å². The van der Waals surface area contributed by atoms with Crippen molar-refractivity contribution in [2.75, 3.05) is 26.2 Å². The third kappa shape index (κ3) is 20.5. The van der Waals surface area contributed by atoms with Crippen molar-refractivity contribution in [1.82, 2.24) is 41.8 Å². The molecule has 23 heteroatoms. The number of carbonyl (C=O) groups excluding carboxylic acids is 7. The lowest BCUT2D eigenvalue weighted by Crippen LogP contribution is -2.60. The van der Waals surface area contributed by atoms with Crippen LogP contribution < -0.4 is 60.6 Å². The molecule has 6 rings (SSSR count). The summed E-state index contributed by atoms with van der Waals surface area (Å²) in [6.45, 7) is 0.985. The van der Waals surface area contributed by atoms with Gasteiger partial charge in [0, 0.05) is 43.0 Å². The molecule has 8 atom stereocenters. The van der Waals surface area contributed by atoms with Crippen molar-refractivity contribution in [3.05, 3.63) is 108 Å². The maximum absolute atomic E-state index is 15.0. The van der Waals surface area contributed by atoms with Crippen LogP contribution in [0.4, 0.5) is 0 Å². The minimum absolute atomic E-state index is 0.00556. The van der Waals surface area contributed by atoms with Crippen molar-refractivity contribution >= 4 is 64.2 Å². The highest BCUT2D eigenvalue weighted by Gasteiger charge is 2.41. The molecule has 1 aliphatic carbocycles.